The van der Waals surface area contributed by atoms with Crippen molar-refractivity contribution < 1.29 is 19.1 Å². The van der Waals surface area contributed by atoms with E-state index in [-0.39, 0.29) is 24.5 Å². The second-order valence-electron chi connectivity index (χ2n) is 6.94. The van der Waals surface area contributed by atoms with E-state index in [1.54, 1.807) is 6.20 Å². The van der Waals surface area contributed by atoms with Gasteiger partial charge in [0, 0.05) is 24.8 Å². The molecule has 27 heavy (non-hydrogen) atoms. The molecule has 3 heterocycles. The fourth-order valence-corrected chi connectivity index (χ4v) is 3.59. The predicted octanol–water partition coefficient (Wildman–Crippen LogP) is 2.22. The molecule has 1 amide bonds. The number of benzene rings is 1. The number of rotatable bonds is 5. The molecule has 0 radical (unpaired) electrons. The molecular formula is C20H23N3O4. The third-order valence-electron chi connectivity index (χ3n) is 4.96. The second-order valence-corrected chi connectivity index (χ2v) is 6.94. The van der Waals surface area contributed by atoms with Crippen LogP contribution in [0.3, 0.4) is 0 Å². The summed E-state index contributed by atoms with van der Waals surface area (Å²) in [5.74, 6) is -0.534. The molecule has 0 saturated carbocycles. The molecule has 2 fully saturated rings. The van der Waals surface area contributed by atoms with Crippen molar-refractivity contribution in [3.8, 4) is 11.3 Å². The van der Waals surface area contributed by atoms with Gasteiger partial charge in [0.2, 0.25) is 5.91 Å². The molecular weight excluding hydrogens is 346 g/mol. The zero-order valence-corrected chi connectivity index (χ0v) is 15.1. The van der Waals surface area contributed by atoms with Crippen LogP contribution in [-0.2, 0) is 25.5 Å². The minimum atomic E-state index is -0.523. The standard InChI is InChI=1S/C20H23N3O4/c24-18(22-16-8-11-27-20(16)25)13-14-4-3-5-15(12-14)17-7-9-21-23(17)19-6-1-2-10-26-19/h3-5,7,9,12,16,19H,1-2,6,8,10-11,13H2,(H,22,24)/t16-,19-/m1/s1. The van der Waals surface area contributed by atoms with Crippen molar-refractivity contribution in [2.24, 2.45) is 0 Å². The van der Waals surface area contributed by atoms with Crippen LogP contribution in [0, 0.1) is 0 Å². The van der Waals surface area contributed by atoms with Crippen molar-refractivity contribution >= 4 is 11.9 Å². The molecule has 1 aromatic carbocycles. The SMILES string of the molecule is O=C(Cc1cccc(-c2ccnn2[C@H]2CCCCO2)c1)N[C@@H]1CCOC1=O. The Balaban J connectivity index is 1.47. The fraction of sp³-hybridized carbons (Fsp3) is 0.450. The first-order chi connectivity index (χ1) is 13.2. The number of carbonyl (C=O) groups is 2. The van der Waals surface area contributed by atoms with Crippen LogP contribution in [0.15, 0.2) is 36.5 Å². The number of cyclic esters (lactones) is 1. The average Bonchev–Trinajstić information content (AvgIpc) is 3.32. The predicted molar refractivity (Wildman–Crippen MR) is 97.7 cm³/mol. The molecule has 4 rings (SSSR count). The maximum Gasteiger partial charge on any atom is 0.328 e. The first-order valence-corrected chi connectivity index (χ1v) is 9.41. The number of nitrogens with zero attached hydrogens (tertiary/aromatic N) is 2. The van der Waals surface area contributed by atoms with Crippen LogP contribution < -0.4 is 5.32 Å². The lowest BCUT2D eigenvalue weighted by molar-refractivity contribution is -0.141. The van der Waals surface area contributed by atoms with E-state index in [0.29, 0.717) is 13.0 Å². The molecule has 0 spiro atoms. The van der Waals surface area contributed by atoms with Gasteiger partial charge in [0.05, 0.1) is 18.7 Å². The molecule has 0 aliphatic carbocycles. The molecule has 2 aromatic rings. The van der Waals surface area contributed by atoms with Crippen molar-refractivity contribution in [1.82, 2.24) is 15.1 Å². The Kier molecular flexibility index (Phi) is 5.20. The lowest BCUT2D eigenvalue weighted by atomic mass is 10.0. The quantitative estimate of drug-likeness (QED) is 0.817. The van der Waals surface area contributed by atoms with Gasteiger partial charge in [0.15, 0.2) is 6.23 Å². The highest BCUT2D eigenvalue weighted by Crippen LogP contribution is 2.28. The maximum absolute atomic E-state index is 12.3. The van der Waals surface area contributed by atoms with Crippen molar-refractivity contribution in [3.05, 3.63) is 42.1 Å². The monoisotopic (exact) mass is 369 g/mol. The summed E-state index contributed by atoms with van der Waals surface area (Å²) in [6, 6.07) is 9.28. The van der Waals surface area contributed by atoms with Gasteiger partial charge >= 0.3 is 5.97 Å². The zero-order chi connectivity index (χ0) is 18.6. The first kappa shape index (κ1) is 17.7. The summed E-state index contributed by atoms with van der Waals surface area (Å²) in [6.45, 7) is 1.13. The first-order valence-electron chi connectivity index (χ1n) is 9.41. The van der Waals surface area contributed by atoms with Crippen LogP contribution in [0.4, 0.5) is 0 Å². The highest BCUT2D eigenvalue weighted by atomic mass is 16.5. The molecule has 7 heteroatoms. The number of nitrogens with one attached hydrogen (secondary N) is 1. The molecule has 1 N–H and O–H groups in total. The summed E-state index contributed by atoms with van der Waals surface area (Å²) in [5, 5.41) is 7.19. The van der Waals surface area contributed by atoms with Gasteiger partial charge in [-0.05, 0) is 37.0 Å². The normalized spacial score (nSPS) is 22.4. The van der Waals surface area contributed by atoms with E-state index in [0.717, 1.165) is 42.7 Å². The largest absolute Gasteiger partial charge is 0.464 e. The second kappa shape index (κ2) is 7.92. The smallest absolute Gasteiger partial charge is 0.328 e. The van der Waals surface area contributed by atoms with Crippen LogP contribution in [0.25, 0.3) is 11.3 Å². The number of ether oxygens (including phenoxy) is 2. The Morgan fingerprint density at radius 3 is 2.93 bits per heavy atom. The van der Waals surface area contributed by atoms with Crippen molar-refractivity contribution in [3.63, 3.8) is 0 Å². The summed E-state index contributed by atoms with van der Waals surface area (Å²) >= 11 is 0. The third-order valence-corrected chi connectivity index (χ3v) is 4.96. The molecule has 2 atom stereocenters. The molecule has 1 aromatic heterocycles. The van der Waals surface area contributed by atoms with Gasteiger partial charge in [-0.25, -0.2) is 9.48 Å². The van der Waals surface area contributed by atoms with Crippen molar-refractivity contribution in [2.45, 2.75) is 44.4 Å². The van der Waals surface area contributed by atoms with E-state index in [2.05, 4.69) is 10.4 Å². The van der Waals surface area contributed by atoms with E-state index in [1.807, 2.05) is 35.0 Å². The van der Waals surface area contributed by atoms with Crippen LogP contribution in [0.2, 0.25) is 0 Å². The fourth-order valence-electron chi connectivity index (χ4n) is 3.59. The Morgan fingerprint density at radius 2 is 2.15 bits per heavy atom. The lowest BCUT2D eigenvalue weighted by Gasteiger charge is -2.24. The zero-order valence-electron chi connectivity index (χ0n) is 15.1. The average molecular weight is 369 g/mol. The van der Waals surface area contributed by atoms with E-state index in [9.17, 15) is 9.59 Å². The maximum atomic E-state index is 12.3. The van der Waals surface area contributed by atoms with Crippen LogP contribution in [0.1, 0.15) is 37.5 Å². The molecule has 0 bridgehead atoms. The third kappa shape index (κ3) is 4.03. The Labute approximate surface area is 157 Å². The summed E-state index contributed by atoms with van der Waals surface area (Å²) in [6.07, 6.45) is 5.66. The number of hydrogen-bond acceptors (Lipinski definition) is 5. The number of aromatic nitrogens is 2. The van der Waals surface area contributed by atoms with Gasteiger partial charge in [-0.3, -0.25) is 4.79 Å². The van der Waals surface area contributed by atoms with Gasteiger partial charge in [0.1, 0.15) is 6.04 Å². The number of carbonyl (C=O) groups excluding carboxylic acids is 2. The molecule has 2 aliphatic heterocycles. The molecule has 0 unspecified atom stereocenters. The summed E-state index contributed by atoms with van der Waals surface area (Å²) in [7, 11) is 0. The minimum Gasteiger partial charge on any atom is -0.464 e. The van der Waals surface area contributed by atoms with Gasteiger partial charge in [0.25, 0.3) is 0 Å². The molecule has 2 saturated heterocycles. The van der Waals surface area contributed by atoms with E-state index in [1.165, 1.54) is 0 Å². The van der Waals surface area contributed by atoms with Crippen LogP contribution in [0.5, 0.6) is 0 Å². The number of esters is 1. The lowest BCUT2D eigenvalue weighted by Crippen LogP contribution is -2.38. The van der Waals surface area contributed by atoms with E-state index in [4.69, 9.17) is 9.47 Å². The highest BCUT2D eigenvalue weighted by Gasteiger charge is 2.27. The Hall–Kier alpha value is -2.67. The van der Waals surface area contributed by atoms with Crippen LogP contribution in [-0.4, -0.2) is 40.9 Å². The number of hydrogen-bond donors (Lipinski definition) is 1. The van der Waals surface area contributed by atoms with Gasteiger partial charge in [-0.15, -0.1) is 0 Å². The van der Waals surface area contributed by atoms with Crippen LogP contribution >= 0.6 is 0 Å². The Morgan fingerprint density at radius 1 is 1.22 bits per heavy atom. The molecule has 7 nitrogen and oxygen atoms in total. The van der Waals surface area contributed by atoms with Crippen molar-refractivity contribution in [1.29, 1.82) is 0 Å². The summed E-state index contributed by atoms with van der Waals surface area (Å²) < 4.78 is 12.7. The minimum absolute atomic E-state index is 0.0379. The van der Waals surface area contributed by atoms with E-state index < -0.39 is 6.04 Å². The summed E-state index contributed by atoms with van der Waals surface area (Å²) in [4.78, 5) is 23.8. The number of amides is 1. The molecule has 2 aliphatic rings. The summed E-state index contributed by atoms with van der Waals surface area (Å²) in [5.41, 5.74) is 2.85. The van der Waals surface area contributed by atoms with Gasteiger partial charge in [-0.2, -0.15) is 5.10 Å². The van der Waals surface area contributed by atoms with E-state index >= 15 is 0 Å². The van der Waals surface area contributed by atoms with Gasteiger partial charge < -0.3 is 14.8 Å². The van der Waals surface area contributed by atoms with Gasteiger partial charge in [-0.1, -0.05) is 18.2 Å². The molecule has 142 valence electrons. The Bertz CT molecular complexity index is 826. The highest BCUT2D eigenvalue weighted by molar-refractivity contribution is 5.86. The van der Waals surface area contributed by atoms with Crippen molar-refractivity contribution in [2.75, 3.05) is 13.2 Å². The topological polar surface area (TPSA) is 82.5 Å².